The van der Waals surface area contributed by atoms with Gasteiger partial charge in [0.1, 0.15) is 0 Å². The molecule has 1 aromatic rings. The zero-order chi connectivity index (χ0) is 16.4. The number of ether oxygens (including phenoxy) is 2. The van der Waals surface area contributed by atoms with Crippen LogP contribution >= 0.6 is 0 Å². The van der Waals surface area contributed by atoms with Crippen molar-refractivity contribution in [3.63, 3.8) is 0 Å². The van der Waals surface area contributed by atoms with Crippen LogP contribution in [0.15, 0.2) is 24.3 Å². The SMILES string of the molecule is CCCCOc1ccc(/C=C/C(=O)NC(C)C)cc1OCC. The smallest absolute Gasteiger partial charge is 0.244 e. The Morgan fingerprint density at radius 2 is 2.00 bits per heavy atom. The number of nitrogens with one attached hydrogen (secondary N) is 1. The maximum atomic E-state index is 11.6. The van der Waals surface area contributed by atoms with E-state index >= 15 is 0 Å². The maximum absolute atomic E-state index is 11.6. The summed E-state index contributed by atoms with van der Waals surface area (Å²) in [4.78, 5) is 11.6. The fraction of sp³-hybridized carbons (Fsp3) is 0.500. The summed E-state index contributed by atoms with van der Waals surface area (Å²) in [6, 6.07) is 5.83. The second kappa shape index (κ2) is 9.87. The van der Waals surface area contributed by atoms with Crippen LogP contribution in [-0.4, -0.2) is 25.2 Å². The number of rotatable bonds is 9. The van der Waals surface area contributed by atoms with Crippen molar-refractivity contribution in [2.75, 3.05) is 13.2 Å². The van der Waals surface area contributed by atoms with Crippen LogP contribution < -0.4 is 14.8 Å². The highest BCUT2D eigenvalue weighted by molar-refractivity contribution is 5.91. The summed E-state index contributed by atoms with van der Waals surface area (Å²) in [6.45, 7) is 9.19. The molecule has 4 heteroatoms. The molecule has 0 fully saturated rings. The molecule has 1 amide bonds. The molecule has 4 nitrogen and oxygen atoms in total. The van der Waals surface area contributed by atoms with Gasteiger partial charge in [-0.2, -0.15) is 0 Å². The Balaban J connectivity index is 2.78. The van der Waals surface area contributed by atoms with Crippen LogP contribution in [0.5, 0.6) is 11.5 Å². The Labute approximate surface area is 133 Å². The third-order valence-electron chi connectivity index (χ3n) is 2.88. The molecule has 0 aliphatic rings. The zero-order valence-electron chi connectivity index (χ0n) is 14.0. The van der Waals surface area contributed by atoms with Gasteiger partial charge >= 0.3 is 0 Å². The van der Waals surface area contributed by atoms with E-state index in [1.807, 2.05) is 39.0 Å². The largest absolute Gasteiger partial charge is 0.490 e. The number of unbranched alkanes of at least 4 members (excludes halogenated alkanes) is 1. The van der Waals surface area contributed by atoms with Crippen LogP contribution in [0.25, 0.3) is 6.08 Å². The van der Waals surface area contributed by atoms with Crippen molar-refractivity contribution in [3.8, 4) is 11.5 Å². The third-order valence-corrected chi connectivity index (χ3v) is 2.88. The summed E-state index contributed by atoms with van der Waals surface area (Å²) >= 11 is 0. The van der Waals surface area contributed by atoms with Crippen LogP contribution in [-0.2, 0) is 4.79 Å². The normalized spacial score (nSPS) is 11.0. The van der Waals surface area contributed by atoms with Crippen molar-refractivity contribution < 1.29 is 14.3 Å². The van der Waals surface area contributed by atoms with Crippen LogP contribution in [0.3, 0.4) is 0 Å². The number of benzene rings is 1. The molecule has 0 aliphatic heterocycles. The highest BCUT2D eigenvalue weighted by atomic mass is 16.5. The van der Waals surface area contributed by atoms with E-state index in [4.69, 9.17) is 9.47 Å². The Morgan fingerprint density at radius 3 is 2.64 bits per heavy atom. The highest BCUT2D eigenvalue weighted by Gasteiger charge is 2.06. The monoisotopic (exact) mass is 305 g/mol. The Morgan fingerprint density at radius 1 is 1.23 bits per heavy atom. The lowest BCUT2D eigenvalue weighted by atomic mass is 10.2. The minimum atomic E-state index is -0.101. The number of carbonyl (C=O) groups is 1. The summed E-state index contributed by atoms with van der Waals surface area (Å²) in [5, 5.41) is 2.82. The summed E-state index contributed by atoms with van der Waals surface area (Å²) in [7, 11) is 0. The minimum Gasteiger partial charge on any atom is -0.490 e. The molecule has 1 N–H and O–H groups in total. The van der Waals surface area contributed by atoms with Crippen molar-refractivity contribution in [1.29, 1.82) is 0 Å². The quantitative estimate of drug-likeness (QED) is 0.557. The molecule has 0 spiro atoms. The van der Waals surface area contributed by atoms with Crippen molar-refractivity contribution in [2.45, 2.75) is 46.6 Å². The van der Waals surface area contributed by atoms with Gasteiger partial charge in [-0.1, -0.05) is 19.4 Å². The van der Waals surface area contributed by atoms with Crippen molar-refractivity contribution in [2.24, 2.45) is 0 Å². The topological polar surface area (TPSA) is 47.6 Å². The molecule has 0 atom stereocenters. The predicted octanol–water partition coefficient (Wildman–Crippen LogP) is 3.80. The number of carbonyl (C=O) groups excluding carboxylic acids is 1. The molecule has 0 heterocycles. The van der Waals surface area contributed by atoms with Crippen LogP contribution in [0, 0.1) is 0 Å². The molecule has 0 aromatic heterocycles. The minimum absolute atomic E-state index is 0.101. The Hall–Kier alpha value is -1.97. The van der Waals surface area contributed by atoms with Crippen LogP contribution in [0.2, 0.25) is 0 Å². The second-order valence-corrected chi connectivity index (χ2v) is 5.34. The predicted molar refractivity (Wildman–Crippen MR) is 90.3 cm³/mol. The molecular weight excluding hydrogens is 278 g/mol. The molecule has 0 radical (unpaired) electrons. The zero-order valence-corrected chi connectivity index (χ0v) is 14.0. The van der Waals surface area contributed by atoms with Gasteiger partial charge < -0.3 is 14.8 Å². The van der Waals surface area contributed by atoms with E-state index in [0.717, 1.165) is 24.2 Å². The third kappa shape index (κ3) is 6.66. The first-order valence-corrected chi connectivity index (χ1v) is 7.95. The lowest BCUT2D eigenvalue weighted by Gasteiger charge is -2.12. The standard InChI is InChI=1S/C18H27NO3/c1-5-7-12-22-16-10-8-15(13-17(16)21-6-2)9-11-18(20)19-14(3)4/h8-11,13-14H,5-7,12H2,1-4H3,(H,19,20)/b11-9+. The second-order valence-electron chi connectivity index (χ2n) is 5.34. The van der Waals surface area contributed by atoms with Gasteiger partial charge in [-0.05, 0) is 51.0 Å². The summed E-state index contributed by atoms with van der Waals surface area (Å²) in [6.07, 6.45) is 5.41. The molecule has 1 rings (SSSR count). The fourth-order valence-electron chi connectivity index (χ4n) is 1.85. The van der Waals surface area contributed by atoms with E-state index in [-0.39, 0.29) is 11.9 Å². The van der Waals surface area contributed by atoms with Gasteiger partial charge in [-0.25, -0.2) is 0 Å². The van der Waals surface area contributed by atoms with Crippen LogP contribution in [0.1, 0.15) is 46.1 Å². The highest BCUT2D eigenvalue weighted by Crippen LogP contribution is 2.29. The summed E-state index contributed by atoms with van der Waals surface area (Å²) < 4.78 is 11.4. The summed E-state index contributed by atoms with van der Waals surface area (Å²) in [5.41, 5.74) is 0.908. The van der Waals surface area contributed by atoms with Crippen molar-refractivity contribution >= 4 is 12.0 Å². The average molecular weight is 305 g/mol. The van der Waals surface area contributed by atoms with Gasteiger partial charge in [0, 0.05) is 12.1 Å². The molecule has 0 aliphatic carbocycles. The molecule has 0 unspecified atom stereocenters. The Kier molecular flexibility index (Phi) is 8.11. The molecule has 0 bridgehead atoms. The first-order valence-electron chi connectivity index (χ1n) is 7.95. The van der Waals surface area contributed by atoms with E-state index in [0.29, 0.717) is 19.0 Å². The maximum Gasteiger partial charge on any atom is 0.244 e. The van der Waals surface area contributed by atoms with Gasteiger partial charge in [0.05, 0.1) is 13.2 Å². The molecule has 1 aromatic carbocycles. The Bertz CT molecular complexity index is 495. The van der Waals surface area contributed by atoms with E-state index in [9.17, 15) is 4.79 Å². The van der Waals surface area contributed by atoms with E-state index in [2.05, 4.69) is 12.2 Å². The fourth-order valence-corrected chi connectivity index (χ4v) is 1.85. The van der Waals surface area contributed by atoms with E-state index in [1.54, 1.807) is 6.08 Å². The molecule has 22 heavy (non-hydrogen) atoms. The summed E-state index contributed by atoms with van der Waals surface area (Å²) in [5.74, 6) is 1.36. The first-order chi connectivity index (χ1) is 10.6. The number of hydrogen-bond acceptors (Lipinski definition) is 3. The molecular formula is C18H27NO3. The molecule has 122 valence electrons. The van der Waals surface area contributed by atoms with Gasteiger partial charge in [0.25, 0.3) is 0 Å². The lowest BCUT2D eigenvalue weighted by molar-refractivity contribution is -0.116. The number of amides is 1. The lowest BCUT2D eigenvalue weighted by Crippen LogP contribution is -2.28. The van der Waals surface area contributed by atoms with E-state index in [1.165, 1.54) is 6.08 Å². The van der Waals surface area contributed by atoms with Gasteiger partial charge in [0.2, 0.25) is 5.91 Å². The number of hydrogen-bond donors (Lipinski definition) is 1. The van der Waals surface area contributed by atoms with E-state index < -0.39 is 0 Å². The first kappa shape index (κ1) is 18.1. The van der Waals surface area contributed by atoms with Gasteiger partial charge in [-0.3, -0.25) is 4.79 Å². The van der Waals surface area contributed by atoms with Crippen LogP contribution in [0.4, 0.5) is 0 Å². The molecule has 0 saturated heterocycles. The van der Waals surface area contributed by atoms with Gasteiger partial charge in [-0.15, -0.1) is 0 Å². The average Bonchev–Trinajstić information content (AvgIpc) is 2.47. The van der Waals surface area contributed by atoms with Crippen molar-refractivity contribution in [1.82, 2.24) is 5.32 Å². The molecule has 0 saturated carbocycles. The van der Waals surface area contributed by atoms with Gasteiger partial charge in [0.15, 0.2) is 11.5 Å². The van der Waals surface area contributed by atoms with Crippen molar-refractivity contribution in [3.05, 3.63) is 29.8 Å².